The molecule has 2 aromatic carbocycles. The zero-order chi connectivity index (χ0) is 24.3. The van der Waals surface area contributed by atoms with Gasteiger partial charge >= 0.3 is 6.18 Å². The van der Waals surface area contributed by atoms with Crippen molar-refractivity contribution in [1.29, 1.82) is 0 Å². The lowest BCUT2D eigenvalue weighted by Crippen LogP contribution is -2.39. The fourth-order valence-electron chi connectivity index (χ4n) is 3.70. The normalized spacial score (nSPS) is 17.6. The molecule has 11 heteroatoms. The Bertz CT molecular complexity index is 1160. The van der Waals surface area contributed by atoms with Gasteiger partial charge in [0.15, 0.2) is 12.1 Å². The average Bonchev–Trinajstić information content (AvgIpc) is 3.25. The molecule has 7 nitrogen and oxygen atoms in total. The lowest BCUT2D eigenvalue weighted by atomic mass is 10.0. The SMILES string of the molecule is O=C(NCC(CO)O[C@H]1CCCCO1)c1nc2cc(-c3ccc(C(F)(F)F)c(Cl)c3)ccc2[nH]1. The average molecular weight is 498 g/mol. The van der Waals surface area contributed by atoms with Gasteiger partial charge in [-0.25, -0.2) is 4.98 Å². The lowest BCUT2D eigenvalue weighted by Gasteiger charge is -2.26. The lowest BCUT2D eigenvalue weighted by molar-refractivity contribution is -0.193. The molecule has 1 unspecified atom stereocenters. The molecular formula is C23H23ClF3N3O4. The summed E-state index contributed by atoms with van der Waals surface area (Å²) in [7, 11) is 0. The Kier molecular flexibility index (Phi) is 7.42. The number of fused-ring (bicyclic) bond motifs is 1. The van der Waals surface area contributed by atoms with Crippen molar-refractivity contribution in [3.05, 3.63) is 52.8 Å². The summed E-state index contributed by atoms with van der Waals surface area (Å²) in [6, 6.07) is 8.55. The second-order valence-electron chi connectivity index (χ2n) is 7.96. The summed E-state index contributed by atoms with van der Waals surface area (Å²) in [5, 5.41) is 11.8. The zero-order valence-electron chi connectivity index (χ0n) is 18.0. The van der Waals surface area contributed by atoms with E-state index < -0.39 is 35.1 Å². The van der Waals surface area contributed by atoms with Crippen molar-refractivity contribution >= 4 is 28.5 Å². The van der Waals surface area contributed by atoms with Gasteiger partial charge in [0.25, 0.3) is 5.91 Å². The highest BCUT2D eigenvalue weighted by Crippen LogP contribution is 2.37. The Morgan fingerprint density at radius 3 is 2.71 bits per heavy atom. The van der Waals surface area contributed by atoms with Gasteiger partial charge in [0, 0.05) is 13.2 Å². The van der Waals surface area contributed by atoms with Crippen LogP contribution < -0.4 is 5.32 Å². The largest absolute Gasteiger partial charge is 0.417 e. The number of ether oxygens (including phenoxy) is 2. The first-order valence-corrected chi connectivity index (χ1v) is 11.2. The van der Waals surface area contributed by atoms with Crippen LogP contribution in [0.25, 0.3) is 22.2 Å². The third kappa shape index (κ3) is 5.69. The minimum absolute atomic E-state index is 0.0585. The van der Waals surface area contributed by atoms with Crippen molar-refractivity contribution in [2.75, 3.05) is 19.8 Å². The molecule has 0 bridgehead atoms. The van der Waals surface area contributed by atoms with Crippen LogP contribution in [0.15, 0.2) is 36.4 Å². The summed E-state index contributed by atoms with van der Waals surface area (Å²) in [5.41, 5.74) is 1.23. The number of nitrogens with one attached hydrogen (secondary N) is 2. The number of benzene rings is 2. The van der Waals surface area contributed by atoms with E-state index in [1.54, 1.807) is 18.2 Å². The monoisotopic (exact) mass is 497 g/mol. The van der Waals surface area contributed by atoms with Gasteiger partial charge in [0.1, 0.15) is 6.10 Å². The molecule has 2 heterocycles. The molecule has 1 saturated heterocycles. The molecule has 3 N–H and O–H groups in total. The molecule has 0 radical (unpaired) electrons. The molecule has 0 spiro atoms. The molecule has 34 heavy (non-hydrogen) atoms. The van der Waals surface area contributed by atoms with Crippen molar-refractivity contribution in [1.82, 2.24) is 15.3 Å². The molecule has 0 saturated carbocycles. The van der Waals surface area contributed by atoms with E-state index in [9.17, 15) is 23.1 Å². The number of carbonyl (C=O) groups excluding carboxylic acids is 1. The number of imidazole rings is 1. The Hall–Kier alpha value is -2.66. The smallest absolute Gasteiger partial charge is 0.394 e. The third-order valence-electron chi connectivity index (χ3n) is 5.48. The van der Waals surface area contributed by atoms with Crippen molar-refractivity contribution in [2.45, 2.75) is 37.8 Å². The topological polar surface area (TPSA) is 96.5 Å². The number of halogens is 4. The third-order valence-corrected chi connectivity index (χ3v) is 5.79. The Morgan fingerprint density at radius 1 is 1.26 bits per heavy atom. The van der Waals surface area contributed by atoms with Gasteiger partial charge < -0.3 is 24.9 Å². The van der Waals surface area contributed by atoms with E-state index in [1.807, 2.05) is 0 Å². The highest BCUT2D eigenvalue weighted by Gasteiger charge is 2.33. The van der Waals surface area contributed by atoms with E-state index >= 15 is 0 Å². The summed E-state index contributed by atoms with van der Waals surface area (Å²) in [4.78, 5) is 19.8. The zero-order valence-corrected chi connectivity index (χ0v) is 18.7. The van der Waals surface area contributed by atoms with E-state index in [0.717, 1.165) is 25.3 Å². The van der Waals surface area contributed by atoms with Gasteiger partial charge in [-0.3, -0.25) is 4.79 Å². The highest BCUT2D eigenvalue weighted by molar-refractivity contribution is 6.31. The van der Waals surface area contributed by atoms with Crippen molar-refractivity contribution in [3.8, 4) is 11.1 Å². The molecule has 1 aromatic heterocycles. The maximum Gasteiger partial charge on any atom is 0.417 e. The highest BCUT2D eigenvalue weighted by atomic mass is 35.5. The molecular weight excluding hydrogens is 475 g/mol. The van der Waals surface area contributed by atoms with Crippen LogP contribution in [0.1, 0.15) is 35.4 Å². The maximum absolute atomic E-state index is 13.0. The van der Waals surface area contributed by atoms with Crippen LogP contribution >= 0.6 is 11.6 Å². The number of hydrogen-bond acceptors (Lipinski definition) is 5. The van der Waals surface area contributed by atoms with Crippen LogP contribution in [-0.4, -0.2) is 53.1 Å². The molecule has 1 aliphatic rings. The van der Waals surface area contributed by atoms with Crippen LogP contribution in [0, 0.1) is 0 Å². The fraction of sp³-hybridized carbons (Fsp3) is 0.391. The van der Waals surface area contributed by atoms with Gasteiger partial charge in [-0.05, 0) is 54.7 Å². The fourth-order valence-corrected chi connectivity index (χ4v) is 3.98. The number of aliphatic hydroxyl groups is 1. The molecule has 4 rings (SSSR count). The number of H-pyrrole nitrogens is 1. The van der Waals surface area contributed by atoms with Crippen LogP contribution in [-0.2, 0) is 15.7 Å². The van der Waals surface area contributed by atoms with Crippen molar-refractivity contribution < 1.29 is 32.5 Å². The van der Waals surface area contributed by atoms with E-state index in [4.69, 9.17) is 21.1 Å². The molecule has 2 atom stereocenters. The summed E-state index contributed by atoms with van der Waals surface area (Å²) < 4.78 is 50.1. The maximum atomic E-state index is 13.0. The van der Waals surface area contributed by atoms with Gasteiger partial charge in [-0.1, -0.05) is 23.7 Å². The van der Waals surface area contributed by atoms with Crippen LogP contribution in [0.5, 0.6) is 0 Å². The molecule has 1 amide bonds. The van der Waals surface area contributed by atoms with Crippen molar-refractivity contribution in [2.24, 2.45) is 0 Å². The Balaban J connectivity index is 1.44. The summed E-state index contributed by atoms with van der Waals surface area (Å²) in [6.45, 7) is 0.398. The van der Waals surface area contributed by atoms with E-state index in [2.05, 4.69) is 15.3 Å². The first-order valence-electron chi connectivity index (χ1n) is 10.8. The molecule has 1 aliphatic heterocycles. The number of carbonyl (C=O) groups is 1. The van der Waals surface area contributed by atoms with Gasteiger partial charge in [0.05, 0.1) is 28.2 Å². The number of hydrogen-bond donors (Lipinski definition) is 3. The summed E-state index contributed by atoms with van der Waals surface area (Å²) in [6.07, 6.45) is -2.86. The number of amides is 1. The second kappa shape index (κ2) is 10.3. The van der Waals surface area contributed by atoms with Gasteiger partial charge in [-0.15, -0.1) is 0 Å². The predicted molar refractivity (Wildman–Crippen MR) is 119 cm³/mol. The van der Waals surface area contributed by atoms with Gasteiger partial charge in [0.2, 0.25) is 0 Å². The summed E-state index contributed by atoms with van der Waals surface area (Å²) in [5.74, 6) is -0.426. The predicted octanol–water partition coefficient (Wildman–Crippen LogP) is 4.54. The number of rotatable bonds is 7. The van der Waals surface area contributed by atoms with Gasteiger partial charge in [-0.2, -0.15) is 13.2 Å². The number of aromatic amines is 1. The molecule has 1 fully saturated rings. The Morgan fingerprint density at radius 2 is 2.03 bits per heavy atom. The van der Waals surface area contributed by atoms with Crippen LogP contribution in [0.2, 0.25) is 5.02 Å². The minimum atomic E-state index is -4.53. The first-order chi connectivity index (χ1) is 16.2. The molecule has 3 aromatic rings. The van der Waals surface area contributed by atoms with E-state index in [0.29, 0.717) is 28.8 Å². The van der Waals surface area contributed by atoms with E-state index in [1.165, 1.54) is 12.1 Å². The van der Waals surface area contributed by atoms with Crippen LogP contribution in [0.3, 0.4) is 0 Å². The number of aromatic nitrogens is 2. The Labute approximate surface area is 198 Å². The number of alkyl halides is 3. The number of nitrogens with zero attached hydrogens (tertiary/aromatic N) is 1. The second-order valence-corrected chi connectivity index (χ2v) is 8.36. The quantitative estimate of drug-likeness (QED) is 0.445. The standard InChI is InChI=1S/C23H23ClF3N3O4/c24-17-9-13(4-6-16(17)23(25,26)27)14-5-7-18-19(10-14)30-21(29-18)22(32)28-11-15(12-31)34-20-3-1-2-8-33-20/h4-7,9-10,15,20,31H,1-3,8,11-12H2,(H,28,32)(H,29,30)/t15?,20-/m0/s1. The first kappa shape index (κ1) is 24.5. The van der Waals surface area contributed by atoms with Crippen molar-refractivity contribution in [3.63, 3.8) is 0 Å². The summed E-state index contributed by atoms with van der Waals surface area (Å²) >= 11 is 5.83. The minimum Gasteiger partial charge on any atom is -0.394 e. The van der Waals surface area contributed by atoms with E-state index in [-0.39, 0.29) is 19.0 Å². The molecule has 0 aliphatic carbocycles. The number of aliphatic hydroxyl groups excluding tert-OH is 1. The molecule has 182 valence electrons. The van der Waals surface area contributed by atoms with Crippen LogP contribution in [0.4, 0.5) is 13.2 Å².